The molecule has 0 fully saturated rings. The molecule has 0 aromatic heterocycles. The highest BCUT2D eigenvalue weighted by molar-refractivity contribution is 6.32. The van der Waals surface area contributed by atoms with Crippen LogP contribution in [0.5, 0.6) is 11.5 Å². The van der Waals surface area contributed by atoms with E-state index in [4.69, 9.17) is 26.8 Å². The van der Waals surface area contributed by atoms with Crippen LogP contribution in [0.1, 0.15) is 35.7 Å². The lowest BCUT2D eigenvalue weighted by Gasteiger charge is -2.13. The van der Waals surface area contributed by atoms with Gasteiger partial charge >= 0.3 is 0 Å². The monoisotopic (exact) mass is 376 g/mol. The van der Waals surface area contributed by atoms with Crippen molar-refractivity contribution < 1.29 is 19.1 Å². The third kappa shape index (κ3) is 4.89. The molecule has 0 saturated carbocycles. The smallest absolute Gasteiger partial charge is 0.255 e. The van der Waals surface area contributed by atoms with Crippen LogP contribution >= 0.6 is 11.6 Å². The average molecular weight is 377 g/mol. The van der Waals surface area contributed by atoms with E-state index in [-0.39, 0.29) is 29.0 Å². The van der Waals surface area contributed by atoms with Crippen molar-refractivity contribution in [2.24, 2.45) is 5.73 Å². The number of hydrogen-bond acceptors (Lipinski definition) is 4. The van der Waals surface area contributed by atoms with E-state index in [2.05, 4.69) is 19.2 Å². The molecule has 0 radical (unpaired) electrons. The van der Waals surface area contributed by atoms with E-state index in [0.29, 0.717) is 17.2 Å². The van der Waals surface area contributed by atoms with E-state index < -0.39 is 5.91 Å². The van der Waals surface area contributed by atoms with Crippen LogP contribution in [-0.4, -0.2) is 25.5 Å². The van der Waals surface area contributed by atoms with E-state index >= 15 is 0 Å². The van der Waals surface area contributed by atoms with Gasteiger partial charge in [0.05, 0.1) is 12.1 Å². The first-order chi connectivity index (χ1) is 12.3. The third-order valence-corrected chi connectivity index (χ3v) is 3.97. The van der Waals surface area contributed by atoms with Gasteiger partial charge < -0.3 is 20.5 Å². The first-order valence-corrected chi connectivity index (χ1v) is 8.39. The summed E-state index contributed by atoms with van der Waals surface area (Å²) in [5.74, 6) is -0.181. The lowest BCUT2D eigenvalue weighted by molar-refractivity contribution is -0.119. The summed E-state index contributed by atoms with van der Waals surface area (Å²) in [6.07, 6.45) is 0. The SMILES string of the molecule is COc1cc(C(=O)Nc2ccc(C(C)C)cc2)cc(Cl)c1OCC(N)=O. The lowest BCUT2D eigenvalue weighted by atomic mass is 10.0. The van der Waals surface area contributed by atoms with Crippen molar-refractivity contribution in [3.05, 3.63) is 52.5 Å². The summed E-state index contributed by atoms with van der Waals surface area (Å²) >= 11 is 6.16. The van der Waals surface area contributed by atoms with Gasteiger partial charge in [0.1, 0.15) is 0 Å². The van der Waals surface area contributed by atoms with E-state index in [1.54, 1.807) is 0 Å². The quantitative estimate of drug-likeness (QED) is 0.772. The van der Waals surface area contributed by atoms with Gasteiger partial charge in [-0.3, -0.25) is 9.59 Å². The summed E-state index contributed by atoms with van der Waals surface area (Å²) in [5, 5.41) is 2.95. The number of amides is 2. The highest BCUT2D eigenvalue weighted by atomic mass is 35.5. The Bertz CT molecular complexity index is 804. The van der Waals surface area contributed by atoms with Crippen molar-refractivity contribution in [3.63, 3.8) is 0 Å². The Morgan fingerprint density at radius 3 is 2.38 bits per heavy atom. The summed E-state index contributed by atoms with van der Waals surface area (Å²) in [4.78, 5) is 23.4. The van der Waals surface area contributed by atoms with Gasteiger partial charge in [-0.2, -0.15) is 0 Å². The third-order valence-electron chi connectivity index (χ3n) is 3.69. The molecule has 0 saturated heterocycles. The second-order valence-electron chi connectivity index (χ2n) is 5.98. The summed E-state index contributed by atoms with van der Waals surface area (Å²) in [5.41, 5.74) is 7.21. The molecule has 26 heavy (non-hydrogen) atoms. The number of ether oxygens (including phenoxy) is 2. The predicted molar refractivity (Wildman–Crippen MR) is 101 cm³/mol. The number of rotatable bonds is 7. The van der Waals surface area contributed by atoms with Gasteiger partial charge in [0.2, 0.25) is 0 Å². The minimum Gasteiger partial charge on any atom is -0.493 e. The minimum absolute atomic E-state index is 0.144. The summed E-state index contributed by atoms with van der Waals surface area (Å²) in [7, 11) is 1.41. The molecule has 0 aliphatic rings. The summed E-state index contributed by atoms with van der Waals surface area (Å²) in [6, 6.07) is 10.5. The second kappa shape index (κ2) is 8.58. The first kappa shape index (κ1) is 19.6. The molecule has 2 rings (SSSR count). The molecule has 0 unspecified atom stereocenters. The van der Waals surface area contributed by atoms with Gasteiger partial charge in [0.15, 0.2) is 18.1 Å². The van der Waals surface area contributed by atoms with Crippen molar-refractivity contribution >= 4 is 29.1 Å². The Balaban J connectivity index is 2.20. The number of carbonyl (C=O) groups excluding carboxylic acids is 2. The lowest BCUT2D eigenvalue weighted by Crippen LogP contribution is -2.20. The van der Waals surface area contributed by atoms with Crippen LogP contribution in [0.4, 0.5) is 5.69 Å². The van der Waals surface area contributed by atoms with Crippen LogP contribution in [0.2, 0.25) is 5.02 Å². The average Bonchev–Trinajstić information content (AvgIpc) is 2.60. The zero-order chi connectivity index (χ0) is 19.3. The van der Waals surface area contributed by atoms with Gasteiger partial charge in [-0.25, -0.2) is 0 Å². The molecule has 2 amide bonds. The molecule has 0 bridgehead atoms. The van der Waals surface area contributed by atoms with Crippen LogP contribution in [-0.2, 0) is 4.79 Å². The molecule has 0 atom stereocenters. The first-order valence-electron chi connectivity index (χ1n) is 8.01. The molecule has 7 heteroatoms. The zero-order valence-corrected chi connectivity index (χ0v) is 15.6. The van der Waals surface area contributed by atoms with Crippen LogP contribution < -0.4 is 20.5 Å². The standard InChI is InChI=1S/C19H21ClN2O4/c1-11(2)12-4-6-14(7-5-12)22-19(24)13-8-15(20)18(16(9-13)25-3)26-10-17(21)23/h4-9,11H,10H2,1-3H3,(H2,21,23)(H,22,24). The molecule has 0 aliphatic heterocycles. The van der Waals surface area contributed by atoms with Gasteiger partial charge in [-0.15, -0.1) is 0 Å². The Labute approximate surface area is 157 Å². The number of nitrogens with one attached hydrogen (secondary N) is 1. The Morgan fingerprint density at radius 1 is 1.19 bits per heavy atom. The summed E-state index contributed by atoms with van der Waals surface area (Å²) < 4.78 is 10.4. The normalized spacial score (nSPS) is 10.5. The van der Waals surface area contributed by atoms with Gasteiger partial charge in [0, 0.05) is 11.3 Å². The second-order valence-corrected chi connectivity index (χ2v) is 6.38. The molecule has 6 nitrogen and oxygen atoms in total. The maximum Gasteiger partial charge on any atom is 0.255 e. The maximum absolute atomic E-state index is 12.5. The molecule has 0 heterocycles. The van der Waals surface area contributed by atoms with Crippen molar-refractivity contribution in [2.75, 3.05) is 19.0 Å². The number of carbonyl (C=O) groups is 2. The molecule has 2 aromatic carbocycles. The fourth-order valence-electron chi connectivity index (χ4n) is 2.29. The minimum atomic E-state index is -0.644. The number of primary amides is 1. The highest BCUT2D eigenvalue weighted by Crippen LogP contribution is 2.36. The molecule has 138 valence electrons. The number of halogens is 1. The van der Waals surface area contributed by atoms with Crippen LogP contribution in [0, 0.1) is 0 Å². The highest BCUT2D eigenvalue weighted by Gasteiger charge is 2.17. The van der Waals surface area contributed by atoms with Gasteiger partial charge in [0.25, 0.3) is 11.8 Å². The molecule has 0 spiro atoms. The Kier molecular flexibility index (Phi) is 6.46. The van der Waals surface area contributed by atoms with Gasteiger partial charge in [-0.05, 0) is 35.7 Å². The van der Waals surface area contributed by atoms with E-state index in [1.165, 1.54) is 24.8 Å². The number of benzene rings is 2. The molecule has 0 aliphatic carbocycles. The summed E-state index contributed by atoms with van der Waals surface area (Å²) in [6.45, 7) is 3.86. The van der Waals surface area contributed by atoms with E-state index in [1.807, 2.05) is 24.3 Å². The van der Waals surface area contributed by atoms with Crippen molar-refractivity contribution in [2.45, 2.75) is 19.8 Å². The predicted octanol–water partition coefficient (Wildman–Crippen LogP) is 3.59. The molecular weight excluding hydrogens is 356 g/mol. The molecular formula is C19H21ClN2O4. The molecule has 2 aromatic rings. The number of nitrogens with two attached hydrogens (primary N) is 1. The van der Waals surface area contributed by atoms with Crippen LogP contribution in [0.15, 0.2) is 36.4 Å². The Morgan fingerprint density at radius 2 is 1.85 bits per heavy atom. The fraction of sp³-hybridized carbons (Fsp3) is 0.263. The maximum atomic E-state index is 12.5. The van der Waals surface area contributed by atoms with Crippen molar-refractivity contribution in [1.82, 2.24) is 0 Å². The largest absolute Gasteiger partial charge is 0.493 e. The van der Waals surface area contributed by atoms with E-state index in [0.717, 1.165) is 0 Å². The molecule has 3 N–H and O–H groups in total. The topological polar surface area (TPSA) is 90.7 Å². The van der Waals surface area contributed by atoms with Crippen LogP contribution in [0.3, 0.4) is 0 Å². The zero-order valence-electron chi connectivity index (χ0n) is 14.8. The van der Waals surface area contributed by atoms with E-state index in [9.17, 15) is 9.59 Å². The van der Waals surface area contributed by atoms with Gasteiger partial charge in [-0.1, -0.05) is 37.6 Å². The fourth-order valence-corrected chi connectivity index (χ4v) is 2.55. The van der Waals surface area contributed by atoms with Crippen molar-refractivity contribution in [1.29, 1.82) is 0 Å². The van der Waals surface area contributed by atoms with Crippen LogP contribution in [0.25, 0.3) is 0 Å². The number of anilines is 1. The number of methoxy groups -OCH3 is 1. The van der Waals surface area contributed by atoms with Crippen molar-refractivity contribution in [3.8, 4) is 11.5 Å². The number of hydrogen-bond donors (Lipinski definition) is 2. The Hall–Kier alpha value is -2.73.